The van der Waals surface area contributed by atoms with E-state index in [-0.39, 0.29) is 11.9 Å². The van der Waals surface area contributed by atoms with E-state index in [1.54, 1.807) is 19.1 Å². The predicted octanol–water partition coefficient (Wildman–Crippen LogP) is 0.536. The third-order valence-corrected chi connectivity index (χ3v) is 3.38. The Morgan fingerprint density at radius 3 is 3.00 bits per heavy atom. The van der Waals surface area contributed by atoms with Gasteiger partial charge in [0.2, 0.25) is 0 Å². The summed E-state index contributed by atoms with van der Waals surface area (Å²) in [7, 11) is 0. The summed E-state index contributed by atoms with van der Waals surface area (Å²) < 4.78 is 10.6. The lowest BCUT2D eigenvalue weighted by Crippen LogP contribution is -2.41. The number of hydrogen-bond acceptors (Lipinski definition) is 6. The summed E-state index contributed by atoms with van der Waals surface area (Å²) in [5.41, 5.74) is 2.75. The zero-order valence-electron chi connectivity index (χ0n) is 13.4. The van der Waals surface area contributed by atoms with E-state index in [2.05, 4.69) is 15.8 Å². The van der Waals surface area contributed by atoms with Gasteiger partial charge in [-0.25, -0.2) is 5.43 Å². The normalized spacial score (nSPS) is 17.0. The number of nitrogens with one attached hydrogen (secondary N) is 2. The molecule has 8 heteroatoms. The molecule has 1 aromatic rings. The smallest absolute Gasteiger partial charge is 0.329 e. The van der Waals surface area contributed by atoms with Gasteiger partial charge in [0, 0.05) is 13.2 Å². The zero-order chi connectivity index (χ0) is 17.4. The Morgan fingerprint density at radius 2 is 2.29 bits per heavy atom. The van der Waals surface area contributed by atoms with Gasteiger partial charge >= 0.3 is 11.8 Å². The van der Waals surface area contributed by atoms with Crippen molar-refractivity contribution in [3.8, 4) is 11.5 Å². The lowest BCUT2D eigenvalue weighted by atomic mass is 10.2. The molecule has 2 rings (SSSR count). The maximum absolute atomic E-state index is 11.6. The third kappa shape index (κ3) is 5.24. The summed E-state index contributed by atoms with van der Waals surface area (Å²) in [5, 5.41) is 15.8. The fraction of sp³-hybridized carbons (Fsp3) is 0.438. The molecule has 0 unspecified atom stereocenters. The topological polar surface area (TPSA) is 109 Å². The van der Waals surface area contributed by atoms with Crippen molar-refractivity contribution in [1.82, 2.24) is 10.7 Å². The highest BCUT2D eigenvalue weighted by atomic mass is 16.5. The van der Waals surface area contributed by atoms with Gasteiger partial charge in [0.15, 0.2) is 11.5 Å². The van der Waals surface area contributed by atoms with Crippen LogP contribution in [-0.4, -0.2) is 49.0 Å². The van der Waals surface area contributed by atoms with E-state index < -0.39 is 11.8 Å². The van der Waals surface area contributed by atoms with E-state index in [1.165, 1.54) is 12.3 Å². The van der Waals surface area contributed by atoms with Crippen LogP contribution >= 0.6 is 0 Å². The molecular weight excluding hydrogens is 314 g/mol. The van der Waals surface area contributed by atoms with Gasteiger partial charge in [0.1, 0.15) is 0 Å². The van der Waals surface area contributed by atoms with E-state index in [0.717, 1.165) is 12.8 Å². The minimum atomic E-state index is -0.854. The number of amides is 2. The molecule has 1 saturated heterocycles. The molecule has 0 radical (unpaired) electrons. The summed E-state index contributed by atoms with van der Waals surface area (Å²) in [6.45, 7) is 3.21. The molecule has 0 saturated carbocycles. The molecule has 24 heavy (non-hydrogen) atoms. The highest BCUT2D eigenvalue weighted by Crippen LogP contribution is 2.26. The fourth-order valence-electron chi connectivity index (χ4n) is 2.19. The van der Waals surface area contributed by atoms with Gasteiger partial charge in [-0.2, -0.15) is 5.10 Å². The van der Waals surface area contributed by atoms with Crippen molar-refractivity contribution in [1.29, 1.82) is 0 Å². The third-order valence-electron chi connectivity index (χ3n) is 3.38. The Labute approximate surface area is 139 Å². The molecule has 2 amide bonds. The van der Waals surface area contributed by atoms with Crippen LogP contribution in [0.3, 0.4) is 0 Å². The minimum absolute atomic E-state index is 0.0199. The molecule has 1 heterocycles. The Morgan fingerprint density at radius 1 is 1.46 bits per heavy atom. The quantitative estimate of drug-likeness (QED) is 0.399. The standard InChI is InChI=1S/C16H21N3O5/c1-2-23-14-8-11(5-6-13(14)20)9-18-19-16(22)15(21)17-10-12-4-3-7-24-12/h5-6,8-9,12,20H,2-4,7,10H2,1H3,(H,17,21)(H,19,22)/b18-9-/t12-/m0/s1. The number of phenolic OH excluding ortho intramolecular Hbond substituents is 1. The SMILES string of the molecule is CCOc1cc(/C=N\NC(=O)C(=O)NC[C@@H]2CCCO2)ccc1O. The molecule has 0 bridgehead atoms. The first-order valence-electron chi connectivity index (χ1n) is 7.78. The zero-order valence-corrected chi connectivity index (χ0v) is 13.4. The highest BCUT2D eigenvalue weighted by molar-refractivity contribution is 6.35. The highest BCUT2D eigenvalue weighted by Gasteiger charge is 2.18. The van der Waals surface area contributed by atoms with Gasteiger partial charge in [0.25, 0.3) is 0 Å². The van der Waals surface area contributed by atoms with E-state index in [9.17, 15) is 14.7 Å². The van der Waals surface area contributed by atoms with Crippen LogP contribution < -0.4 is 15.5 Å². The van der Waals surface area contributed by atoms with Crippen LogP contribution in [0.2, 0.25) is 0 Å². The van der Waals surface area contributed by atoms with Crippen molar-refractivity contribution in [3.05, 3.63) is 23.8 Å². The molecule has 1 atom stereocenters. The predicted molar refractivity (Wildman–Crippen MR) is 87.0 cm³/mol. The summed E-state index contributed by atoms with van der Waals surface area (Å²) in [6, 6.07) is 4.64. The van der Waals surface area contributed by atoms with Crippen LogP contribution in [0.1, 0.15) is 25.3 Å². The van der Waals surface area contributed by atoms with Gasteiger partial charge in [-0.05, 0) is 43.5 Å². The molecule has 0 aromatic heterocycles. The molecule has 3 N–H and O–H groups in total. The molecule has 1 aromatic carbocycles. The second kappa shape index (κ2) is 8.88. The number of carbonyl (C=O) groups is 2. The summed E-state index contributed by atoms with van der Waals surface area (Å²) in [5.74, 6) is -1.27. The van der Waals surface area contributed by atoms with Crippen LogP contribution in [0.25, 0.3) is 0 Å². The molecule has 0 aliphatic carbocycles. The average Bonchev–Trinajstić information content (AvgIpc) is 3.09. The number of hydrazone groups is 1. The lowest BCUT2D eigenvalue weighted by Gasteiger charge is -2.09. The lowest BCUT2D eigenvalue weighted by molar-refractivity contribution is -0.139. The van der Waals surface area contributed by atoms with E-state index in [4.69, 9.17) is 9.47 Å². The van der Waals surface area contributed by atoms with Crippen molar-refractivity contribution in [3.63, 3.8) is 0 Å². The Kier molecular flexibility index (Phi) is 6.56. The number of phenols is 1. The first-order valence-corrected chi connectivity index (χ1v) is 7.78. The Hall–Kier alpha value is -2.61. The Balaban J connectivity index is 1.80. The molecule has 130 valence electrons. The van der Waals surface area contributed by atoms with Gasteiger partial charge in [0.05, 0.1) is 18.9 Å². The van der Waals surface area contributed by atoms with Crippen molar-refractivity contribution in [2.45, 2.75) is 25.9 Å². The largest absolute Gasteiger partial charge is 0.504 e. The van der Waals surface area contributed by atoms with Crippen LogP contribution in [0.15, 0.2) is 23.3 Å². The second-order valence-electron chi connectivity index (χ2n) is 5.20. The van der Waals surface area contributed by atoms with E-state index in [1.807, 2.05) is 0 Å². The van der Waals surface area contributed by atoms with Gasteiger partial charge in [-0.3, -0.25) is 9.59 Å². The Bertz CT molecular complexity index is 612. The van der Waals surface area contributed by atoms with Crippen LogP contribution in [-0.2, 0) is 14.3 Å². The molecule has 8 nitrogen and oxygen atoms in total. The number of hydrogen-bond donors (Lipinski definition) is 3. The van der Waals surface area contributed by atoms with Gasteiger partial charge in [-0.15, -0.1) is 0 Å². The van der Waals surface area contributed by atoms with Gasteiger partial charge < -0.3 is 19.9 Å². The van der Waals surface area contributed by atoms with Crippen LogP contribution in [0.4, 0.5) is 0 Å². The summed E-state index contributed by atoms with van der Waals surface area (Å²) in [6.07, 6.45) is 3.17. The van der Waals surface area contributed by atoms with Crippen LogP contribution in [0.5, 0.6) is 11.5 Å². The van der Waals surface area contributed by atoms with Crippen molar-refractivity contribution >= 4 is 18.0 Å². The number of aromatic hydroxyl groups is 1. The molecule has 1 fully saturated rings. The van der Waals surface area contributed by atoms with Crippen molar-refractivity contribution in [2.24, 2.45) is 5.10 Å². The van der Waals surface area contributed by atoms with Crippen molar-refractivity contribution in [2.75, 3.05) is 19.8 Å². The monoisotopic (exact) mass is 335 g/mol. The number of benzene rings is 1. The number of rotatable bonds is 6. The first-order chi connectivity index (χ1) is 11.6. The number of carbonyl (C=O) groups excluding carboxylic acids is 2. The summed E-state index contributed by atoms with van der Waals surface area (Å²) >= 11 is 0. The summed E-state index contributed by atoms with van der Waals surface area (Å²) in [4.78, 5) is 23.2. The first kappa shape index (κ1) is 17.7. The van der Waals surface area contributed by atoms with E-state index >= 15 is 0 Å². The molecule has 0 spiro atoms. The maximum Gasteiger partial charge on any atom is 0.329 e. The molecular formula is C16H21N3O5. The maximum atomic E-state index is 11.6. The number of nitrogens with zero attached hydrogens (tertiary/aromatic N) is 1. The fourth-order valence-corrected chi connectivity index (χ4v) is 2.19. The second-order valence-corrected chi connectivity index (χ2v) is 5.20. The molecule has 1 aliphatic heterocycles. The average molecular weight is 335 g/mol. The van der Waals surface area contributed by atoms with Crippen molar-refractivity contribution < 1.29 is 24.2 Å². The minimum Gasteiger partial charge on any atom is -0.504 e. The van der Waals surface area contributed by atoms with Gasteiger partial charge in [-0.1, -0.05) is 0 Å². The molecule has 1 aliphatic rings. The number of ether oxygens (including phenoxy) is 2. The van der Waals surface area contributed by atoms with E-state index in [0.29, 0.717) is 31.1 Å². The van der Waals surface area contributed by atoms with Crippen LogP contribution in [0, 0.1) is 0 Å².